The lowest BCUT2D eigenvalue weighted by Crippen LogP contribution is -2.50. The minimum Gasteiger partial charge on any atom is -0.480 e. The van der Waals surface area contributed by atoms with Crippen LogP contribution in [0.1, 0.15) is 201 Å². The molecule has 0 aromatic carbocycles. The van der Waals surface area contributed by atoms with Crippen molar-refractivity contribution in [1.29, 1.82) is 0 Å². The number of carbonyl (C=O) groups is 2. The van der Waals surface area contributed by atoms with Crippen LogP contribution >= 0.6 is 0 Å². The van der Waals surface area contributed by atoms with Gasteiger partial charge in [0.15, 0.2) is 0 Å². The number of unbranched alkanes of at least 4 members (excludes halogenated alkanes) is 21. The highest BCUT2D eigenvalue weighted by molar-refractivity contribution is 5.84. The highest BCUT2D eigenvalue weighted by Gasteiger charge is 2.31. The van der Waals surface area contributed by atoms with Crippen LogP contribution in [0, 0.1) is 0 Å². The fourth-order valence-corrected chi connectivity index (χ4v) is 6.55. The van der Waals surface area contributed by atoms with Crippen LogP contribution in [0.3, 0.4) is 0 Å². The minimum absolute atomic E-state index is 0.101. The monoisotopic (exact) mass is 685 g/mol. The Morgan fingerprint density at radius 3 is 1.15 bits per heavy atom. The lowest BCUT2D eigenvalue weighted by atomic mass is 10.0. The topological polar surface area (TPSA) is 130 Å². The molecule has 0 fully saturated rings. The van der Waals surface area contributed by atoms with E-state index < -0.39 is 36.2 Å². The summed E-state index contributed by atoms with van der Waals surface area (Å²) in [7, 11) is 0. The highest BCUT2D eigenvalue weighted by Crippen LogP contribution is 2.17. The first-order chi connectivity index (χ1) is 23.2. The Labute approximate surface area is 296 Å². The van der Waals surface area contributed by atoms with Crippen molar-refractivity contribution in [2.45, 2.75) is 225 Å². The Hall–Kier alpha value is -1.22. The van der Waals surface area contributed by atoms with Gasteiger partial charge in [-0.05, 0) is 19.3 Å². The molecule has 4 atom stereocenters. The van der Waals surface area contributed by atoms with E-state index in [-0.39, 0.29) is 26.1 Å². The zero-order valence-electron chi connectivity index (χ0n) is 31.8. The van der Waals surface area contributed by atoms with E-state index in [9.17, 15) is 30.0 Å². The van der Waals surface area contributed by atoms with E-state index in [2.05, 4.69) is 26.1 Å². The fourth-order valence-electron chi connectivity index (χ4n) is 6.55. The van der Waals surface area contributed by atoms with Gasteiger partial charge in [0.2, 0.25) is 5.91 Å². The number of aliphatic carboxylic acids is 1. The third-order valence-electron chi connectivity index (χ3n) is 9.70. The average Bonchev–Trinajstić information content (AvgIpc) is 3.05. The molecule has 0 aromatic rings. The fraction of sp³-hybridized carbons (Fsp3) is 0.950. The summed E-state index contributed by atoms with van der Waals surface area (Å²) in [5, 5.41) is 45.1. The maximum absolute atomic E-state index is 12.9. The molecule has 0 saturated carbocycles. The SMILES string of the molecule is CCCCCCCCCCC(O)CNC(=O)CC(C(=O)O)N(CC(O)CCCCCCCCCC)CC(O)CCCCCCCCCC. The smallest absolute Gasteiger partial charge is 0.321 e. The van der Waals surface area contributed by atoms with Crippen molar-refractivity contribution in [3.05, 3.63) is 0 Å². The van der Waals surface area contributed by atoms with Gasteiger partial charge in [-0.3, -0.25) is 14.5 Å². The Kier molecular flexibility index (Phi) is 33.4. The molecule has 0 aliphatic carbocycles. The number of aliphatic hydroxyl groups is 3. The van der Waals surface area contributed by atoms with E-state index in [4.69, 9.17) is 0 Å². The molecule has 286 valence electrons. The molecule has 0 radical (unpaired) electrons. The summed E-state index contributed by atoms with van der Waals surface area (Å²) in [5.74, 6) is -1.57. The first kappa shape index (κ1) is 46.8. The van der Waals surface area contributed by atoms with Gasteiger partial charge >= 0.3 is 5.97 Å². The Morgan fingerprint density at radius 2 is 0.812 bits per heavy atom. The number of rotatable bonds is 37. The summed E-state index contributed by atoms with van der Waals surface area (Å²) >= 11 is 0. The number of aliphatic hydroxyl groups excluding tert-OH is 3. The summed E-state index contributed by atoms with van der Waals surface area (Å²) in [4.78, 5) is 26.9. The molecule has 0 saturated heterocycles. The largest absolute Gasteiger partial charge is 0.480 e. The molecule has 0 aromatic heterocycles. The van der Waals surface area contributed by atoms with Gasteiger partial charge in [-0.25, -0.2) is 0 Å². The third kappa shape index (κ3) is 29.7. The van der Waals surface area contributed by atoms with Crippen LogP contribution in [0.2, 0.25) is 0 Å². The molecule has 0 aliphatic rings. The van der Waals surface area contributed by atoms with Gasteiger partial charge in [-0.15, -0.1) is 0 Å². The predicted molar refractivity (Wildman–Crippen MR) is 200 cm³/mol. The maximum Gasteiger partial charge on any atom is 0.321 e. The zero-order valence-corrected chi connectivity index (χ0v) is 31.8. The van der Waals surface area contributed by atoms with Crippen LogP contribution in [0.25, 0.3) is 0 Å². The summed E-state index contributed by atoms with van der Waals surface area (Å²) in [5.41, 5.74) is 0. The van der Waals surface area contributed by atoms with Crippen LogP contribution in [0.4, 0.5) is 0 Å². The number of carboxylic acid groups (broad SMARTS) is 1. The Morgan fingerprint density at radius 1 is 0.500 bits per heavy atom. The molecule has 48 heavy (non-hydrogen) atoms. The molecular formula is C40H80N2O6. The molecular weight excluding hydrogens is 604 g/mol. The van der Waals surface area contributed by atoms with Crippen LogP contribution in [0.15, 0.2) is 0 Å². The minimum atomic E-state index is -1.16. The van der Waals surface area contributed by atoms with Crippen molar-refractivity contribution in [3.8, 4) is 0 Å². The number of carboxylic acids is 1. The standard InChI is InChI=1S/C40H80N2O6/c1-4-7-10-13-16-19-22-25-28-35(43)32-41-39(46)31-38(40(47)48)42(33-36(44)29-26-23-20-17-14-11-8-5-2)34-37(45)30-27-24-21-18-15-12-9-6-3/h35-38,43-45H,4-34H2,1-3H3,(H,41,46)(H,47,48). The molecule has 0 heterocycles. The van der Waals surface area contributed by atoms with Gasteiger partial charge in [0.05, 0.1) is 24.7 Å². The van der Waals surface area contributed by atoms with Gasteiger partial charge in [0.1, 0.15) is 6.04 Å². The average molecular weight is 685 g/mol. The predicted octanol–water partition coefficient (Wildman–Crippen LogP) is 8.92. The second-order valence-corrected chi connectivity index (χ2v) is 14.6. The van der Waals surface area contributed by atoms with Crippen molar-refractivity contribution in [2.24, 2.45) is 0 Å². The molecule has 0 rings (SSSR count). The van der Waals surface area contributed by atoms with Gasteiger partial charge in [0.25, 0.3) is 0 Å². The van der Waals surface area contributed by atoms with Gasteiger partial charge in [-0.1, -0.05) is 175 Å². The third-order valence-corrected chi connectivity index (χ3v) is 9.70. The highest BCUT2D eigenvalue weighted by atomic mass is 16.4. The Bertz CT molecular complexity index is 696. The first-order valence-corrected chi connectivity index (χ1v) is 20.5. The number of hydrogen-bond donors (Lipinski definition) is 5. The quantitative estimate of drug-likeness (QED) is 0.0413. The molecule has 0 spiro atoms. The molecule has 1 amide bonds. The van der Waals surface area contributed by atoms with Gasteiger partial charge in [0, 0.05) is 19.6 Å². The second-order valence-electron chi connectivity index (χ2n) is 14.6. The lowest BCUT2D eigenvalue weighted by Gasteiger charge is -2.32. The summed E-state index contributed by atoms with van der Waals surface area (Å²) in [6.07, 6.45) is 27.4. The van der Waals surface area contributed by atoms with Crippen molar-refractivity contribution in [1.82, 2.24) is 10.2 Å². The molecule has 4 unspecified atom stereocenters. The zero-order chi connectivity index (χ0) is 35.7. The van der Waals surface area contributed by atoms with E-state index in [0.717, 1.165) is 57.8 Å². The van der Waals surface area contributed by atoms with E-state index >= 15 is 0 Å². The molecule has 8 heteroatoms. The molecule has 8 nitrogen and oxygen atoms in total. The van der Waals surface area contributed by atoms with Crippen molar-refractivity contribution < 1.29 is 30.0 Å². The van der Waals surface area contributed by atoms with Crippen molar-refractivity contribution >= 4 is 11.9 Å². The molecule has 5 N–H and O–H groups in total. The Balaban J connectivity index is 4.89. The maximum atomic E-state index is 12.9. The number of amides is 1. The first-order valence-electron chi connectivity index (χ1n) is 20.5. The number of nitrogens with one attached hydrogen (secondary N) is 1. The van der Waals surface area contributed by atoms with E-state index in [1.165, 1.54) is 96.3 Å². The van der Waals surface area contributed by atoms with Crippen LogP contribution in [0.5, 0.6) is 0 Å². The summed E-state index contributed by atoms with van der Waals surface area (Å²) < 4.78 is 0. The normalized spacial score (nSPS) is 14.2. The number of nitrogens with zero attached hydrogens (tertiary/aromatic N) is 1. The van der Waals surface area contributed by atoms with E-state index in [1.807, 2.05) is 0 Å². The van der Waals surface area contributed by atoms with E-state index in [1.54, 1.807) is 4.90 Å². The van der Waals surface area contributed by atoms with Crippen LogP contribution in [-0.4, -0.2) is 81.2 Å². The summed E-state index contributed by atoms with van der Waals surface area (Å²) in [6.45, 7) is 6.96. The summed E-state index contributed by atoms with van der Waals surface area (Å²) in [6, 6.07) is -1.16. The van der Waals surface area contributed by atoms with Crippen molar-refractivity contribution in [3.63, 3.8) is 0 Å². The molecule has 0 bridgehead atoms. The number of carbonyl (C=O) groups excluding carboxylic acids is 1. The van der Waals surface area contributed by atoms with Crippen LogP contribution in [-0.2, 0) is 9.59 Å². The molecule has 0 aliphatic heterocycles. The second kappa shape index (κ2) is 34.2. The van der Waals surface area contributed by atoms with Crippen LogP contribution < -0.4 is 5.32 Å². The van der Waals surface area contributed by atoms with Crippen molar-refractivity contribution in [2.75, 3.05) is 19.6 Å². The number of hydrogen-bond acceptors (Lipinski definition) is 6. The van der Waals surface area contributed by atoms with Gasteiger partial charge < -0.3 is 25.7 Å². The van der Waals surface area contributed by atoms with Gasteiger partial charge in [-0.2, -0.15) is 0 Å². The lowest BCUT2D eigenvalue weighted by molar-refractivity contribution is -0.147. The van der Waals surface area contributed by atoms with E-state index in [0.29, 0.717) is 19.3 Å².